The molecule has 1 aromatic heterocycles. The molecule has 1 aromatic rings. The molecule has 1 aliphatic heterocycles. The summed E-state index contributed by atoms with van der Waals surface area (Å²) in [4.78, 5) is 34.7. The van der Waals surface area contributed by atoms with Gasteiger partial charge in [0.2, 0.25) is 0 Å². The molecule has 0 spiro atoms. The first-order valence-corrected chi connectivity index (χ1v) is 6.01. The van der Waals surface area contributed by atoms with E-state index in [1.807, 2.05) is 6.92 Å². The zero-order valence-electron chi connectivity index (χ0n) is 10.7. The summed E-state index contributed by atoms with van der Waals surface area (Å²) in [6.45, 7) is 3.74. The molecule has 0 unspecified atom stereocenters. The molecule has 19 heavy (non-hydrogen) atoms. The molecule has 2 amide bonds. The van der Waals surface area contributed by atoms with Crippen molar-refractivity contribution in [3.05, 3.63) is 18.1 Å². The lowest BCUT2D eigenvalue weighted by molar-refractivity contribution is -0.156. The van der Waals surface area contributed by atoms with Crippen LogP contribution in [0.25, 0.3) is 0 Å². The van der Waals surface area contributed by atoms with Crippen molar-refractivity contribution in [3.8, 4) is 0 Å². The van der Waals surface area contributed by atoms with Crippen LogP contribution in [-0.2, 0) is 16.1 Å². The summed E-state index contributed by atoms with van der Waals surface area (Å²) in [5.41, 5.74) is 2.99. The van der Waals surface area contributed by atoms with Gasteiger partial charge in [0.05, 0.1) is 24.6 Å². The summed E-state index contributed by atoms with van der Waals surface area (Å²) in [5, 5.41) is 0. The highest BCUT2D eigenvalue weighted by molar-refractivity contribution is 6.35. The van der Waals surface area contributed by atoms with Gasteiger partial charge in [-0.25, -0.2) is 10.8 Å². The van der Waals surface area contributed by atoms with Gasteiger partial charge < -0.3 is 15.2 Å². The van der Waals surface area contributed by atoms with Gasteiger partial charge in [-0.1, -0.05) is 0 Å². The second-order valence-corrected chi connectivity index (χ2v) is 4.15. The van der Waals surface area contributed by atoms with Crippen molar-refractivity contribution in [2.45, 2.75) is 13.5 Å². The number of anilines is 1. The molecule has 1 saturated heterocycles. The molecule has 0 aromatic carbocycles. The number of hydrogen-bond donors (Lipinski definition) is 2. The lowest BCUT2D eigenvalue weighted by atomic mass is 10.2. The Morgan fingerprint density at radius 1 is 1.21 bits per heavy atom. The van der Waals surface area contributed by atoms with E-state index in [4.69, 9.17) is 5.84 Å². The fraction of sp³-hybridized carbons (Fsp3) is 0.455. The number of hydrogen-bond acceptors (Lipinski definition) is 6. The first kappa shape index (κ1) is 13.2. The Balaban J connectivity index is 2.03. The minimum atomic E-state index is -0.490. The Morgan fingerprint density at radius 2 is 1.89 bits per heavy atom. The summed E-state index contributed by atoms with van der Waals surface area (Å²) in [6, 6.07) is 0. The molecule has 2 rings (SSSR count). The van der Waals surface area contributed by atoms with Crippen LogP contribution in [0.15, 0.2) is 12.4 Å². The van der Waals surface area contributed by atoms with E-state index < -0.39 is 11.8 Å². The van der Waals surface area contributed by atoms with Gasteiger partial charge in [0.25, 0.3) is 0 Å². The second-order valence-electron chi connectivity index (χ2n) is 4.15. The highest BCUT2D eigenvalue weighted by Crippen LogP contribution is 2.09. The summed E-state index contributed by atoms with van der Waals surface area (Å²) in [5.74, 6) is 4.69. The van der Waals surface area contributed by atoms with Crippen LogP contribution in [0.3, 0.4) is 0 Å². The molecule has 102 valence electrons. The molecular weight excluding hydrogens is 248 g/mol. The number of nitrogens with two attached hydrogens (primary N) is 1. The second kappa shape index (κ2) is 5.61. The van der Waals surface area contributed by atoms with E-state index in [1.54, 1.807) is 0 Å². The summed E-state index contributed by atoms with van der Waals surface area (Å²) >= 11 is 0. The number of nitrogens with one attached hydrogen (secondary N) is 1. The summed E-state index contributed by atoms with van der Waals surface area (Å²) < 4.78 is 0. The largest absolute Gasteiger partial charge is 0.333 e. The van der Waals surface area contributed by atoms with E-state index >= 15 is 0 Å². The number of rotatable bonds is 4. The zero-order valence-corrected chi connectivity index (χ0v) is 10.7. The van der Waals surface area contributed by atoms with Gasteiger partial charge in [-0.3, -0.25) is 14.6 Å². The molecule has 0 aliphatic carbocycles. The lowest BCUT2D eigenvalue weighted by Crippen LogP contribution is -2.53. The SMILES string of the molecule is CCN1CCN(Cc2cnc(NN)cn2)C(=O)C1=O. The van der Waals surface area contributed by atoms with E-state index in [0.29, 0.717) is 31.1 Å². The molecule has 0 radical (unpaired) electrons. The normalized spacial score (nSPS) is 15.9. The number of piperazine rings is 1. The van der Waals surface area contributed by atoms with E-state index in [9.17, 15) is 9.59 Å². The third-order valence-corrected chi connectivity index (χ3v) is 2.98. The minimum absolute atomic E-state index is 0.278. The number of nitrogens with zero attached hydrogens (tertiary/aromatic N) is 4. The molecule has 0 bridgehead atoms. The van der Waals surface area contributed by atoms with Crippen LogP contribution in [0, 0.1) is 0 Å². The highest BCUT2D eigenvalue weighted by Gasteiger charge is 2.31. The van der Waals surface area contributed by atoms with Crippen LogP contribution in [-0.4, -0.2) is 51.2 Å². The average Bonchev–Trinajstić information content (AvgIpc) is 2.45. The van der Waals surface area contributed by atoms with Crippen molar-refractivity contribution in [3.63, 3.8) is 0 Å². The average molecular weight is 264 g/mol. The van der Waals surface area contributed by atoms with Crippen LogP contribution >= 0.6 is 0 Å². The quantitative estimate of drug-likeness (QED) is 0.408. The number of hydrazine groups is 1. The van der Waals surface area contributed by atoms with Crippen LogP contribution in [0.1, 0.15) is 12.6 Å². The Kier molecular flexibility index (Phi) is 3.91. The van der Waals surface area contributed by atoms with Crippen LogP contribution < -0.4 is 11.3 Å². The minimum Gasteiger partial charge on any atom is -0.333 e. The standard InChI is InChI=1S/C11H16N6O2/c1-2-16-3-4-17(11(19)10(16)18)7-8-5-14-9(15-12)6-13-8/h5-6H,2-4,7,12H2,1H3,(H,14,15). The molecule has 0 atom stereocenters. The number of nitrogen functional groups attached to an aromatic ring is 1. The Bertz CT molecular complexity index is 475. The molecule has 2 heterocycles. The Labute approximate surface area is 110 Å². The monoisotopic (exact) mass is 264 g/mol. The van der Waals surface area contributed by atoms with Gasteiger partial charge in [-0.15, -0.1) is 0 Å². The molecule has 1 fully saturated rings. The van der Waals surface area contributed by atoms with Gasteiger partial charge in [0.1, 0.15) is 0 Å². The maximum atomic E-state index is 11.9. The Morgan fingerprint density at radius 3 is 2.47 bits per heavy atom. The number of carbonyl (C=O) groups is 2. The molecule has 1 aliphatic rings. The predicted molar refractivity (Wildman–Crippen MR) is 67.5 cm³/mol. The van der Waals surface area contributed by atoms with Crippen LogP contribution in [0.4, 0.5) is 5.82 Å². The van der Waals surface area contributed by atoms with E-state index in [1.165, 1.54) is 22.2 Å². The van der Waals surface area contributed by atoms with Crippen molar-refractivity contribution in [2.24, 2.45) is 5.84 Å². The lowest BCUT2D eigenvalue weighted by Gasteiger charge is -2.32. The fourth-order valence-corrected chi connectivity index (χ4v) is 1.87. The van der Waals surface area contributed by atoms with Gasteiger partial charge in [0.15, 0.2) is 5.82 Å². The molecule has 3 N–H and O–H groups in total. The van der Waals surface area contributed by atoms with Crippen molar-refractivity contribution in [2.75, 3.05) is 25.1 Å². The van der Waals surface area contributed by atoms with Crippen molar-refractivity contribution >= 4 is 17.6 Å². The molecule has 0 saturated carbocycles. The summed E-state index contributed by atoms with van der Waals surface area (Å²) in [7, 11) is 0. The number of aromatic nitrogens is 2. The number of amides is 2. The molecule has 8 nitrogen and oxygen atoms in total. The van der Waals surface area contributed by atoms with Crippen molar-refractivity contribution < 1.29 is 9.59 Å². The smallest absolute Gasteiger partial charge is 0.312 e. The van der Waals surface area contributed by atoms with Crippen molar-refractivity contribution in [1.82, 2.24) is 19.8 Å². The van der Waals surface area contributed by atoms with Crippen LogP contribution in [0.2, 0.25) is 0 Å². The van der Waals surface area contributed by atoms with Gasteiger partial charge in [-0.05, 0) is 6.92 Å². The first-order valence-electron chi connectivity index (χ1n) is 6.01. The predicted octanol–water partition coefficient (Wildman–Crippen LogP) is -1.05. The highest BCUT2D eigenvalue weighted by atomic mass is 16.2. The zero-order chi connectivity index (χ0) is 13.8. The molecule has 8 heteroatoms. The van der Waals surface area contributed by atoms with E-state index in [-0.39, 0.29) is 6.54 Å². The van der Waals surface area contributed by atoms with Crippen LogP contribution in [0.5, 0.6) is 0 Å². The Hall–Kier alpha value is -2.22. The van der Waals surface area contributed by atoms with E-state index in [2.05, 4.69) is 15.4 Å². The van der Waals surface area contributed by atoms with E-state index in [0.717, 1.165) is 0 Å². The maximum absolute atomic E-state index is 11.9. The summed E-state index contributed by atoms with van der Waals surface area (Å²) in [6.07, 6.45) is 3.00. The number of carbonyl (C=O) groups excluding carboxylic acids is 2. The molecular formula is C11H16N6O2. The third kappa shape index (κ3) is 2.79. The first-order chi connectivity index (χ1) is 9.15. The fourth-order valence-electron chi connectivity index (χ4n) is 1.87. The topological polar surface area (TPSA) is 104 Å². The van der Waals surface area contributed by atoms with Gasteiger partial charge in [0, 0.05) is 19.6 Å². The van der Waals surface area contributed by atoms with Crippen molar-refractivity contribution in [1.29, 1.82) is 0 Å². The third-order valence-electron chi connectivity index (χ3n) is 2.98. The number of likely N-dealkylation sites (N-methyl/N-ethyl adjacent to an activating group) is 1. The maximum Gasteiger partial charge on any atom is 0.312 e. The van der Waals surface area contributed by atoms with Gasteiger partial charge in [-0.2, -0.15) is 0 Å². The van der Waals surface area contributed by atoms with Gasteiger partial charge >= 0.3 is 11.8 Å².